The maximum absolute atomic E-state index is 12.4. The van der Waals surface area contributed by atoms with Crippen molar-refractivity contribution in [3.63, 3.8) is 0 Å². The normalized spacial score (nSPS) is 16.5. The first-order chi connectivity index (χ1) is 10.5. The molecule has 2 heterocycles. The zero-order valence-corrected chi connectivity index (χ0v) is 13.7. The zero-order valence-electron chi connectivity index (χ0n) is 11.4. The van der Waals surface area contributed by atoms with Gasteiger partial charge >= 0.3 is 0 Å². The standard InChI is InChI=1S/C15H10Cl2N2O2S/c1-8-2-4-10(22-8)7-11-14(20)18-19(15(11)21)9-3-5-12(16)13(17)6-9/h2-7H,1H3,(H,18,20). The fourth-order valence-electron chi connectivity index (χ4n) is 2.04. The maximum atomic E-state index is 12.4. The number of rotatable bonds is 2. The molecule has 22 heavy (non-hydrogen) atoms. The first kappa shape index (κ1) is 15.1. The van der Waals surface area contributed by atoms with E-state index < -0.39 is 11.8 Å². The summed E-state index contributed by atoms with van der Waals surface area (Å²) in [6.07, 6.45) is 1.59. The summed E-state index contributed by atoms with van der Waals surface area (Å²) in [5, 5.41) is 1.86. The van der Waals surface area contributed by atoms with E-state index in [4.69, 9.17) is 23.2 Å². The quantitative estimate of drug-likeness (QED) is 0.659. The van der Waals surface area contributed by atoms with Crippen molar-refractivity contribution >= 4 is 58.1 Å². The minimum Gasteiger partial charge on any atom is -0.267 e. The summed E-state index contributed by atoms with van der Waals surface area (Å²) in [5.74, 6) is -0.864. The lowest BCUT2D eigenvalue weighted by atomic mass is 10.2. The number of nitrogens with one attached hydrogen (secondary N) is 1. The Morgan fingerprint density at radius 3 is 2.55 bits per heavy atom. The summed E-state index contributed by atoms with van der Waals surface area (Å²) < 4.78 is 0. The molecular weight excluding hydrogens is 343 g/mol. The Morgan fingerprint density at radius 2 is 1.91 bits per heavy atom. The smallest absolute Gasteiger partial charge is 0.267 e. The van der Waals surface area contributed by atoms with Gasteiger partial charge in [-0.1, -0.05) is 23.2 Å². The first-order valence-corrected chi connectivity index (χ1v) is 7.91. The second-order valence-corrected chi connectivity index (χ2v) is 6.82. The molecule has 0 aliphatic carbocycles. The van der Waals surface area contributed by atoms with Crippen LogP contribution in [0.4, 0.5) is 5.69 Å². The Kier molecular flexibility index (Phi) is 3.95. The van der Waals surface area contributed by atoms with E-state index in [-0.39, 0.29) is 5.57 Å². The molecule has 0 atom stereocenters. The van der Waals surface area contributed by atoms with Gasteiger partial charge in [0, 0.05) is 9.75 Å². The minimum absolute atomic E-state index is 0.0907. The van der Waals surface area contributed by atoms with Gasteiger partial charge in [-0.05, 0) is 43.3 Å². The van der Waals surface area contributed by atoms with Crippen LogP contribution < -0.4 is 10.4 Å². The van der Waals surface area contributed by atoms with E-state index in [1.165, 1.54) is 17.4 Å². The topological polar surface area (TPSA) is 49.4 Å². The number of thiophene rings is 1. The lowest BCUT2D eigenvalue weighted by Gasteiger charge is -2.15. The number of hydrogen-bond donors (Lipinski definition) is 1. The van der Waals surface area contributed by atoms with Crippen LogP contribution in [0.15, 0.2) is 35.9 Å². The van der Waals surface area contributed by atoms with Gasteiger partial charge in [-0.25, -0.2) is 5.01 Å². The molecule has 0 radical (unpaired) electrons. The predicted octanol–water partition coefficient (Wildman–Crippen LogP) is 3.82. The summed E-state index contributed by atoms with van der Waals surface area (Å²) in [6, 6.07) is 8.52. The predicted molar refractivity (Wildman–Crippen MR) is 89.1 cm³/mol. The van der Waals surface area contributed by atoms with Crippen molar-refractivity contribution in [3.8, 4) is 0 Å². The summed E-state index contributed by atoms with van der Waals surface area (Å²) in [7, 11) is 0. The molecule has 1 N–H and O–H groups in total. The van der Waals surface area contributed by atoms with Gasteiger partial charge in [0.2, 0.25) is 0 Å². The molecular formula is C15H10Cl2N2O2S. The molecule has 1 aliphatic heterocycles. The van der Waals surface area contributed by atoms with E-state index in [1.807, 2.05) is 19.1 Å². The molecule has 1 aromatic carbocycles. The Hall–Kier alpha value is -1.82. The van der Waals surface area contributed by atoms with Crippen LogP contribution in [0.2, 0.25) is 10.0 Å². The van der Waals surface area contributed by atoms with E-state index in [9.17, 15) is 9.59 Å². The van der Waals surface area contributed by atoms with Gasteiger partial charge in [-0.3, -0.25) is 15.0 Å². The van der Waals surface area contributed by atoms with Crippen LogP contribution in [0, 0.1) is 6.92 Å². The van der Waals surface area contributed by atoms with Gasteiger partial charge in [0.25, 0.3) is 11.8 Å². The van der Waals surface area contributed by atoms with E-state index in [0.717, 1.165) is 14.8 Å². The van der Waals surface area contributed by atoms with Crippen LogP contribution in [0.3, 0.4) is 0 Å². The highest BCUT2D eigenvalue weighted by molar-refractivity contribution is 7.12. The van der Waals surface area contributed by atoms with Gasteiger partial charge in [-0.15, -0.1) is 11.3 Å². The molecule has 2 amide bonds. The van der Waals surface area contributed by atoms with Gasteiger partial charge in [0.05, 0.1) is 15.7 Å². The second kappa shape index (κ2) is 5.76. The Bertz CT molecular complexity index is 814. The zero-order chi connectivity index (χ0) is 15.9. The number of halogens is 2. The van der Waals surface area contributed by atoms with Crippen molar-refractivity contribution < 1.29 is 9.59 Å². The van der Waals surface area contributed by atoms with Crippen LogP contribution in [0.5, 0.6) is 0 Å². The van der Waals surface area contributed by atoms with Crippen LogP contribution >= 0.6 is 34.5 Å². The molecule has 2 aromatic rings. The van der Waals surface area contributed by atoms with Gasteiger partial charge < -0.3 is 0 Å². The number of aryl methyl sites for hydroxylation is 1. The third kappa shape index (κ3) is 2.75. The van der Waals surface area contributed by atoms with Crippen molar-refractivity contribution in [2.75, 3.05) is 5.01 Å². The Labute approximate surface area is 140 Å². The summed E-state index contributed by atoms with van der Waals surface area (Å²) in [6.45, 7) is 1.96. The number of hydrogen-bond acceptors (Lipinski definition) is 3. The summed E-state index contributed by atoms with van der Waals surface area (Å²) >= 11 is 13.3. The summed E-state index contributed by atoms with van der Waals surface area (Å²) in [4.78, 5) is 26.4. The van der Waals surface area contributed by atoms with Crippen molar-refractivity contribution in [3.05, 3.63) is 55.7 Å². The van der Waals surface area contributed by atoms with Gasteiger partial charge in [0.15, 0.2) is 0 Å². The third-order valence-corrected chi connectivity index (χ3v) is 4.79. The summed E-state index contributed by atoms with van der Waals surface area (Å²) in [5.41, 5.74) is 3.07. The first-order valence-electron chi connectivity index (χ1n) is 6.34. The number of anilines is 1. The average molecular weight is 353 g/mol. The maximum Gasteiger partial charge on any atom is 0.282 e. The van der Waals surface area contributed by atoms with Crippen molar-refractivity contribution in [1.29, 1.82) is 0 Å². The molecule has 0 saturated carbocycles. The minimum atomic E-state index is -0.442. The molecule has 4 nitrogen and oxygen atoms in total. The Morgan fingerprint density at radius 1 is 1.14 bits per heavy atom. The fourth-order valence-corrected chi connectivity index (χ4v) is 3.15. The van der Waals surface area contributed by atoms with Crippen molar-refractivity contribution in [2.24, 2.45) is 0 Å². The monoisotopic (exact) mass is 352 g/mol. The number of carbonyl (C=O) groups excluding carboxylic acids is 2. The highest BCUT2D eigenvalue weighted by Gasteiger charge is 2.34. The van der Waals surface area contributed by atoms with E-state index >= 15 is 0 Å². The van der Waals surface area contributed by atoms with E-state index in [2.05, 4.69) is 5.43 Å². The van der Waals surface area contributed by atoms with Gasteiger partial charge in [-0.2, -0.15) is 0 Å². The molecule has 1 aliphatic rings. The SMILES string of the molecule is Cc1ccc(C=C2C(=O)NN(c3ccc(Cl)c(Cl)c3)C2=O)s1. The largest absolute Gasteiger partial charge is 0.282 e. The van der Waals surface area contributed by atoms with E-state index in [0.29, 0.717) is 15.7 Å². The van der Waals surface area contributed by atoms with E-state index in [1.54, 1.807) is 18.2 Å². The molecule has 1 aromatic heterocycles. The third-order valence-electron chi connectivity index (χ3n) is 3.10. The molecule has 1 saturated heterocycles. The van der Waals surface area contributed by atoms with Crippen LogP contribution in [-0.2, 0) is 9.59 Å². The lowest BCUT2D eigenvalue weighted by Crippen LogP contribution is -2.35. The average Bonchev–Trinajstić information content (AvgIpc) is 3.00. The second-order valence-electron chi connectivity index (χ2n) is 4.69. The molecule has 0 bridgehead atoms. The van der Waals surface area contributed by atoms with Crippen LogP contribution in [0.1, 0.15) is 9.75 Å². The highest BCUT2D eigenvalue weighted by Crippen LogP contribution is 2.29. The molecule has 3 rings (SSSR count). The Balaban J connectivity index is 1.94. The number of hydrazine groups is 1. The van der Waals surface area contributed by atoms with Crippen molar-refractivity contribution in [1.82, 2.24) is 5.43 Å². The number of amides is 2. The molecule has 1 fully saturated rings. The van der Waals surface area contributed by atoms with Gasteiger partial charge in [0.1, 0.15) is 5.57 Å². The number of carbonyl (C=O) groups is 2. The fraction of sp³-hybridized carbons (Fsp3) is 0.0667. The molecule has 112 valence electrons. The molecule has 0 unspecified atom stereocenters. The highest BCUT2D eigenvalue weighted by atomic mass is 35.5. The molecule has 0 spiro atoms. The van der Waals surface area contributed by atoms with Crippen LogP contribution in [-0.4, -0.2) is 11.8 Å². The lowest BCUT2D eigenvalue weighted by molar-refractivity contribution is -0.117. The van der Waals surface area contributed by atoms with Crippen molar-refractivity contribution in [2.45, 2.75) is 6.92 Å². The van der Waals surface area contributed by atoms with Crippen LogP contribution in [0.25, 0.3) is 6.08 Å². The molecule has 7 heteroatoms. The number of benzene rings is 1. The number of nitrogens with zero attached hydrogens (tertiary/aromatic N) is 1.